The van der Waals surface area contributed by atoms with E-state index in [1.54, 1.807) is 0 Å². The van der Waals surface area contributed by atoms with Gasteiger partial charge in [0, 0.05) is 12.8 Å². The molecule has 33 heavy (non-hydrogen) atoms. The Morgan fingerprint density at radius 2 is 1.30 bits per heavy atom. The van der Waals surface area contributed by atoms with Crippen LogP contribution < -0.4 is 16.4 Å². The zero-order valence-corrected chi connectivity index (χ0v) is 21.0. The lowest BCUT2D eigenvalue weighted by atomic mass is 9.97. The second-order valence-corrected chi connectivity index (χ2v) is 9.12. The minimum Gasteiger partial charge on any atom is -0.480 e. The number of carbonyl (C=O) groups excluding carboxylic acids is 3. The lowest BCUT2D eigenvalue weighted by Crippen LogP contribution is -2.54. The summed E-state index contributed by atoms with van der Waals surface area (Å²) >= 11 is 0. The van der Waals surface area contributed by atoms with Crippen LogP contribution in [-0.2, 0) is 19.2 Å². The summed E-state index contributed by atoms with van der Waals surface area (Å²) in [5.41, 5.74) is 5.08. The van der Waals surface area contributed by atoms with Gasteiger partial charge in [-0.1, -0.05) is 91.4 Å². The number of amides is 3. The largest absolute Gasteiger partial charge is 0.480 e. The fourth-order valence-electron chi connectivity index (χ4n) is 3.70. The highest BCUT2D eigenvalue weighted by Crippen LogP contribution is 2.13. The molecular weight excluding hydrogens is 422 g/mol. The molecule has 8 heteroatoms. The quantitative estimate of drug-likeness (QED) is 0.188. The molecule has 192 valence electrons. The third-order valence-electron chi connectivity index (χ3n) is 6.11. The van der Waals surface area contributed by atoms with Gasteiger partial charge in [-0.05, 0) is 18.8 Å². The van der Waals surface area contributed by atoms with Crippen LogP contribution in [0.1, 0.15) is 117 Å². The van der Waals surface area contributed by atoms with E-state index in [0.29, 0.717) is 12.8 Å². The number of carboxylic acids is 1. The van der Waals surface area contributed by atoms with Crippen LogP contribution in [0, 0.1) is 5.92 Å². The summed E-state index contributed by atoms with van der Waals surface area (Å²) in [5, 5.41) is 14.5. The van der Waals surface area contributed by atoms with Crippen molar-refractivity contribution in [2.45, 2.75) is 129 Å². The van der Waals surface area contributed by atoms with Gasteiger partial charge in [0.15, 0.2) is 0 Å². The van der Waals surface area contributed by atoms with Crippen molar-refractivity contribution >= 4 is 23.7 Å². The van der Waals surface area contributed by atoms with Crippen LogP contribution in [0.2, 0.25) is 0 Å². The van der Waals surface area contributed by atoms with Crippen molar-refractivity contribution in [3.05, 3.63) is 0 Å². The number of primary amides is 1. The van der Waals surface area contributed by atoms with E-state index in [4.69, 9.17) is 5.73 Å². The zero-order valence-electron chi connectivity index (χ0n) is 21.0. The summed E-state index contributed by atoms with van der Waals surface area (Å²) in [6, 6.07) is -2.04. The fraction of sp³-hybridized carbons (Fsp3) is 0.840. The maximum absolute atomic E-state index is 12.7. The molecule has 0 rings (SSSR count). The van der Waals surface area contributed by atoms with Gasteiger partial charge in [-0.25, -0.2) is 4.79 Å². The average molecular weight is 470 g/mol. The molecule has 0 fully saturated rings. The molecule has 0 aromatic carbocycles. The normalized spacial score (nSPS) is 13.7. The van der Waals surface area contributed by atoms with E-state index in [0.717, 1.165) is 19.3 Å². The SMILES string of the molecule is CCCCCCCCCCCCCC(=O)N[C@H](C(=O)N[C@H](CCC(N)=O)C(=O)O)[C@H](C)CC. The molecule has 0 aliphatic rings. The number of carboxylic acid groups (broad SMARTS) is 1. The number of aliphatic carboxylic acids is 1. The van der Waals surface area contributed by atoms with E-state index in [1.807, 2.05) is 13.8 Å². The van der Waals surface area contributed by atoms with Crippen LogP contribution >= 0.6 is 0 Å². The van der Waals surface area contributed by atoms with Gasteiger partial charge in [0.05, 0.1) is 0 Å². The van der Waals surface area contributed by atoms with Gasteiger partial charge < -0.3 is 21.5 Å². The molecule has 0 radical (unpaired) electrons. The molecule has 0 bridgehead atoms. The van der Waals surface area contributed by atoms with Crippen molar-refractivity contribution in [1.29, 1.82) is 0 Å². The molecule has 0 unspecified atom stereocenters. The molecule has 0 aromatic rings. The maximum atomic E-state index is 12.7. The van der Waals surface area contributed by atoms with Crippen LogP contribution in [0.5, 0.6) is 0 Å². The van der Waals surface area contributed by atoms with Gasteiger partial charge in [0.1, 0.15) is 12.1 Å². The molecule has 0 aromatic heterocycles. The average Bonchev–Trinajstić information content (AvgIpc) is 2.77. The Bertz CT molecular complexity index is 582. The molecule has 0 heterocycles. The fourth-order valence-corrected chi connectivity index (χ4v) is 3.70. The van der Waals surface area contributed by atoms with Gasteiger partial charge in [0.25, 0.3) is 0 Å². The Labute approximate surface area is 199 Å². The smallest absolute Gasteiger partial charge is 0.326 e. The first-order valence-corrected chi connectivity index (χ1v) is 12.8. The summed E-state index contributed by atoms with van der Waals surface area (Å²) in [6.45, 7) is 5.97. The summed E-state index contributed by atoms with van der Waals surface area (Å²) in [7, 11) is 0. The Balaban J connectivity index is 4.33. The molecule has 3 amide bonds. The molecule has 0 saturated carbocycles. The van der Waals surface area contributed by atoms with E-state index < -0.39 is 29.9 Å². The lowest BCUT2D eigenvalue weighted by Gasteiger charge is -2.25. The third-order valence-corrected chi connectivity index (χ3v) is 6.11. The number of rotatable bonds is 21. The van der Waals surface area contributed by atoms with Gasteiger partial charge in [-0.15, -0.1) is 0 Å². The Hall–Kier alpha value is -2.12. The van der Waals surface area contributed by atoms with Crippen molar-refractivity contribution in [3.8, 4) is 0 Å². The van der Waals surface area contributed by atoms with E-state index >= 15 is 0 Å². The molecule has 0 saturated heterocycles. The molecule has 0 aliphatic heterocycles. The summed E-state index contributed by atoms with van der Waals surface area (Å²) in [5.74, 6) is -2.77. The van der Waals surface area contributed by atoms with E-state index in [9.17, 15) is 24.3 Å². The lowest BCUT2D eigenvalue weighted by molar-refractivity contribution is -0.142. The van der Waals surface area contributed by atoms with Crippen molar-refractivity contribution < 1.29 is 24.3 Å². The Kier molecular flexibility index (Phi) is 18.1. The topological polar surface area (TPSA) is 139 Å². The van der Waals surface area contributed by atoms with Crippen LogP contribution in [0.15, 0.2) is 0 Å². The number of hydrogen-bond acceptors (Lipinski definition) is 4. The van der Waals surface area contributed by atoms with Gasteiger partial charge in [-0.2, -0.15) is 0 Å². The third kappa shape index (κ3) is 16.2. The zero-order chi connectivity index (χ0) is 25.1. The van der Waals surface area contributed by atoms with Crippen LogP contribution in [0.3, 0.4) is 0 Å². The van der Waals surface area contributed by atoms with Gasteiger partial charge >= 0.3 is 5.97 Å². The molecule has 0 aliphatic carbocycles. The van der Waals surface area contributed by atoms with Crippen molar-refractivity contribution in [2.75, 3.05) is 0 Å². The highest BCUT2D eigenvalue weighted by molar-refractivity contribution is 5.90. The standard InChI is InChI=1S/C25H47N3O5/c1-4-6-7-8-9-10-11-12-13-14-15-16-22(30)28-23(19(3)5-2)24(31)27-20(25(32)33)17-18-21(26)29/h19-20,23H,4-18H2,1-3H3,(H2,26,29)(H,27,31)(H,28,30)(H,32,33)/t19-,20-,23+/m1/s1. The molecule has 8 nitrogen and oxygen atoms in total. The number of carbonyl (C=O) groups is 4. The second kappa shape index (κ2) is 19.4. The number of unbranched alkanes of at least 4 members (excludes halogenated alkanes) is 10. The van der Waals surface area contributed by atoms with E-state index in [1.165, 1.54) is 51.4 Å². The number of hydrogen-bond donors (Lipinski definition) is 4. The molecule has 0 spiro atoms. The number of nitrogens with two attached hydrogens (primary N) is 1. The van der Waals surface area contributed by atoms with Crippen molar-refractivity contribution in [1.82, 2.24) is 10.6 Å². The van der Waals surface area contributed by atoms with Gasteiger partial charge in [0.2, 0.25) is 17.7 Å². The Morgan fingerprint density at radius 3 is 1.76 bits per heavy atom. The predicted octanol–water partition coefficient (Wildman–Crippen LogP) is 4.05. The first-order valence-electron chi connectivity index (χ1n) is 12.8. The van der Waals surface area contributed by atoms with Gasteiger partial charge in [-0.3, -0.25) is 14.4 Å². The van der Waals surface area contributed by atoms with Crippen molar-refractivity contribution in [3.63, 3.8) is 0 Å². The highest BCUT2D eigenvalue weighted by atomic mass is 16.4. The number of nitrogens with one attached hydrogen (secondary N) is 2. The molecule has 5 N–H and O–H groups in total. The summed E-state index contributed by atoms with van der Waals surface area (Å²) < 4.78 is 0. The van der Waals surface area contributed by atoms with Crippen LogP contribution in [-0.4, -0.2) is 40.9 Å². The first-order chi connectivity index (χ1) is 15.7. The summed E-state index contributed by atoms with van der Waals surface area (Å²) in [4.78, 5) is 47.5. The first kappa shape index (κ1) is 30.9. The van der Waals surface area contributed by atoms with Crippen LogP contribution in [0.25, 0.3) is 0 Å². The molecular formula is C25H47N3O5. The van der Waals surface area contributed by atoms with E-state index in [2.05, 4.69) is 17.6 Å². The Morgan fingerprint density at radius 1 is 0.788 bits per heavy atom. The minimum atomic E-state index is -1.24. The second-order valence-electron chi connectivity index (χ2n) is 9.12. The maximum Gasteiger partial charge on any atom is 0.326 e. The van der Waals surface area contributed by atoms with Crippen molar-refractivity contribution in [2.24, 2.45) is 11.7 Å². The highest BCUT2D eigenvalue weighted by Gasteiger charge is 2.29. The predicted molar refractivity (Wildman–Crippen MR) is 130 cm³/mol. The monoisotopic (exact) mass is 469 g/mol. The van der Waals surface area contributed by atoms with E-state index in [-0.39, 0.29) is 24.7 Å². The minimum absolute atomic E-state index is 0.0870. The summed E-state index contributed by atoms with van der Waals surface area (Å²) in [6.07, 6.45) is 13.9. The van der Waals surface area contributed by atoms with Crippen LogP contribution in [0.4, 0.5) is 0 Å². The molecule has 3 atom stereocenters.